The van der Waals surface area contributed by atoms with Crippen molar-refractivity contribution < 1.29 is 14.0 Å². The first-order valence-corrected chi connectivity index (χ1v) is 9.87. The number of halogens is 2. The Morgan fingerprint density at radius 3 is 2.52 bits per heavy atom. The van der Waals surface area contributed by atoms with Crippen molar-refractivity contribution in [2.45, 2.75) is 46.1 Å². The van der Waals surface area contributed by atoms with Crippen molar-refractivity contribution in [1.29, 1.82) is 0 Å². The summed E-state index contributed by atoms with van der Waals surface area (Å²) >= 11 is 0. The molecule has 4 nitrogen and oxygen atoms in total. The second kappa shape index (κ2) is 10.5. The van der Waals surface area contributed by atoms with Gasteiger partial charge in [-0.25, -0.2) is 4.39 Å². The van der Waals surface area contributed by atoms with Gasteiger partial charge in [0.2, 0.25) is 5.91 Å². The molecule has 0 aromatic heterocycles. The molecule has 2 aromatic carbocycles. The zero-order valence-electron chi connectivity index (χ0n) is 16.9. The normalized spacial score (nSPS) is 12.8. The molecule has 0 bridgehead atoms. The van der Waals surface area contributed by atoms with E-state index in [2.05, 4.69) is 24.5 Å². The van der Waals surface area contributed by atoms with Crippen molar-refractivity contribution in [3.63, 3.8) is 0 Å². The molecule has 0 aliphatic carbocycles. The highest BCUT2D eigenvalue weighted by atomic mass is 35.5. The smallest absolute Gasteiger partial charge is 0.224 e. The third kappa shape index (κ3) is 6.12. The Labute approximate surface area is 177 Å². The number of carbonyl (C=O) groups excluding carboxylic acids is 2. The van der Waals surface area contributed by atoms with Gasteiger partial charge < -0.3 is 10.6 Å². The molecule has 6 heteroatoms. The SMILES string of the molecule is CC(C)Cc1ccc(C(=O)CCC(=O)Nc2ccc3c(c2F)CCNC3)cc1.Cl. The Morgan fingerprint density at radius 2 is 1.83 bits per heavy atom. The zero-order valence-corrected chi connectivity index (χ0v) is 17.7. The highest BCUT2D eigenvalue weighted by Gasteiger charge is 2.18. The molecule has 156 valence electrons. The lowest BCUT2D eigenvalue weighted by molar-refractivity contribution is -0.116. The quantitative estimate of drug-likeness (QED) is 0.641. The molecule has 0 spiro atoms. The van der Waals surface area contributed by atoms with E-state index in [1.165, 1.54) is 5.56 Å². The predicted molar refractivity (Wildman–Crippen MR) is 116 cm³/mol. The molecule has 0 unspecified atom stereocenters. The molecule has 1 heterocycles. The Morgan fingerprint density at radius 1 is 1.10 bits per heavy atom. The predicted octanol–water partition coefficient (Wildman–Crippen LogP) is 4.69. The van der Waals surface area contributed by atoms with Crippen molar-refractivity contribution in [3.8, 4) is 0 Å². The van der Waals surface area contributed by atoms with E-state index in [1.54, 1.807) is 6.07 Å². The number of anilines is 1. The Bertz CT molecular complexity index is 866. The highest BCUT2D eigenvalue weighted by Crippen LogP contribution is 2.24. The van der Waals surface area contributed by atoms with Crippen LogP contribution in [-0.2, 0) is 24.2 Å². The number of fused-ring (bicyclic) bond motifs is 1. The lowest BCUT2D eigenvalue weighted by Crippen LogP contribution is -2.25. The molecule has 1 amide bonds. The molecule has 2 N–H and O–H groups in total. The highest BCUT2D eigenvalue weighted by molar-refractivity contribution is 6.00. The van der Waals surface area contributed by atoms with Crippen LogP contribution >= 0.6 is 12.4 Å². The monoisotopic (exact) mass is 418 g/mol. The molecular formula is C23H28ClFN2O2. The first-order chi connectivity index (χ1) is 13.4. The summed E-state index contributed by atoms with van der Waals surface area (Å²) in [5.74, 6) is -0.231. The molecular weight excluding hydrogens is 391 g/mol. The largest absolute Gasteiger partial charge is 0.324 e. The van der Waals surface area contributed by atoms with E-state index in [-0.39, 0.29) is 48.4 Å². The van der Waals surface area contributed by atoms with Crippen molar-refractivity contribution >= 4 is 29.8 Å². The van der Waals surface area contributed by atoms with E-state index < -0.39 is 0 Å². The van der Waals surface area contributed by atoms with Gasteiger partial charge in [-0.15, -0.1) is 12.4 Å². The number of carbonyl (C=O) groups is 2. The fourth-order valence-electron chi connectivity index (χ4n) is 3.51. The third-order valence-corrected chi connectivity index (χ3v) is 4.98. The second-order valence-electron chi connectivity index (χ2n) is 7.76. The fraction of sp³-hybridized carbons (Fsp3) is 0.391. The van der Waals surface area contributed by atoms with Crippen LogP contribution in [0, 0.1) is 11.7 Å². The number of Topliss-reactive ketones (excluding diaryl/α,β-unsaturated/α-hetero) is 1. The van der Waals surface area contributed by atoms with Crippen LogP contribution in [0.2, 0.25) is 0 Å². The van der Waals surface area contributed by atoms with E-state index in [0.29, 0.717) is 30.0 Å². The molecule has 0 atom stereocenters. The van der Waals surface area contributed by atoms with Gasteiger partial charge in [0.1, 0.15) is 5.82 Å². The number of amides is 1. The zero-order chi connectivity index (χ0) is 20.1. The number of hydrogen-bond donors (Lipinski definition) is 2. The van der Waals surface area contributed by atoms with Crippen LogP contribution in [0.5, 0.6) is 0 Å². The summed E-state index contributed by atoms with van der Waals surface area (Å²) in [4.78, 5) is 24.5. The van der Waals surface area contributed by atoms with Crippen LogP contribution in [0.25, 0.3) is 0 Å². The summed E-state index contributed by atoms with van der Waals surface area (Å²) < 4.78 is 14.6. The summed E-state index contributed by atoms with van der Waals surface area (Å²) in [7, 11) is 0. The Hall–Kier alpha value is -2.24. The van der Waals surface area contributed by atoms with Gasteiger partial charge >= 0.3 is 0 Å². The molecule has 29 heavy (non-hydrogen) atoms. The van der Waals surface area contributed by atoms with Crippen LogP contribution in [0.3, 0.4) is 0 Å². The lowest BCUT2D eigenvalue weighted by Gasteiger charge is -2.19. The van der Waals surface area contributed by atoms with Gasteiger partial charge in [0, 0.05) is 24.9 Å². The number of rotatable bonds is 7. The topological polar surface area (TPSA) is 58.2 Å². The number of nitrogens with one attached hydrogen (secondary N) is 2. The molecule has 1 aliphatic rings. The molecule has 0 radical (unpaired) electrons. The molecule has 3 rings (SSSR count). The maximum Gasteiger partial charge on any atom is 0.224 e. The van der Waals surface area contributed by atoms with E-state index in [0.717, 1.165) is 18.5 Å². The minimum absolute atomic E-state index is 0. The third-order valence-electron chi connectivity index (χ3n) is 4.98. The molecule has 0 saturated carbocycles. The first-order valence-electron chi connectivity index (χ1n) is 9.87. The van der Waals surface area contributed by atoms with E-state index in [1.807, 2.05) is 30.3 Å². The van der Waals surface area contributed by atoms with Gasteiger partial charge in [0.05, 0.1) is 5.69 Å². The van der Waals surface area contributed by atoms with Crippen LogP contribution in [-0.4, -0.2) is 18.2 Å². The molecule has 1 aliphatic heterocycles. The van der Waals surface area contributed by atoms with Gasteiger partial charge in [-0.3, -0.25) is 9.59 Å². The Balaban J connectivity index is 0.00000300. The van der Waals surface area contributed by atoms with E-state index >= 15 is 0 Å². The van der Waals surface area contributed by atoms with E-state index in [9.17, 15) is 14.0 Å². The van der Waals surface area contributed by atoms with Crippen LogP contribution in [0.4, 0.5) is 10.1 Å². The van der Waals surface area contributed by atoms with Crippen LogP contribution in [0.15, 0.2) is 36.4 Å². The molecule has 0 saturated heterocycles. The minimum atomic E-state index is -0.362. The van der Waals surface area contributed by atoms with Crippen LogP contribution < -0.4 is 10.6 Å². The van der Waals surface area contributed by atoms with Gasteiger partial charge in [0.15, 0.2) is 5.78 Å². The lowest BCUT2D eigenvalue weighted by atomic mass is 9.99. The standard InChI is InChI=1S/C23H27FN2O2.ClH/c1-15(2)13-16-3-5-17(6-4-16)21(27)9-10-22(28)26-20-8-7-18-14-25-12-11-19(18)23(20)24;/h3-8,15,25H,9-14H2,1-2H3,(H,26,28);1H. The van der Waals surface area contributed by atoms with Gasteiger partial charge in [-0.2, -0.15) is 0 Å². The van der Waals surface area contributed by atoms with Crippen molar-refractivity contribution in [3.05, 3.63) is 64.5 Å². The molecule has 0 fully saturated rings. The summed E-state index contributed by atoms with van der Waals surface area (Å²) in [6.45, 7) is 5.68. The fourth-order valence-corrected chi connectivity index (χ4v) is 3.51. The number of hydrogen-bond acceptors (Lipinski definition) is 3. The van der Waals surface area contributed by atoms with Crippen molar-refractivity contribution in [2.75, 3.05) is 11.9 Å². The van der Waals surface area contributed by atoms with Crippen molar-refractivity contribution in [2.24, 2.45) is 5.92 Å². The molecule has 2 aromatic rings. The summed E-state index contributed by atoms with van der Waals surface area (Å²) in [5, 5.41) is 5.81. The van der Waals surface area contributed by atoms with Gasteiger partial charge in [0.25, 0.3) is 0 Å². The maximum atomic E-state index is 14.6. The summed E-state index contributed by atoms with van der Waals surface area (Å²) in [6.07, 6.45) is 1.71. The van der Waals surface area contributed by atoms with E-state index in [4.69, 9.17) is 0 Å². The van der Waals surface area contributed by atoms with Gasteiger partial charge in [-0.1, -0.05) is 44.2 Å². The minimum Gasteiger partial charge on any atom is -0.324 e. The van der Waals surface area contributed by atoms with Gasteiger partial charge in [-0.05, 0) is 48.1 Å². The first kappa shape index (κ1) is 23.0. The number of ketones is 1. The summed E-state index contributed by atoms with van der Waals surface area (Å²) in [5.41, 5.74) is 3.58. The maximum absolute atomic E-state index is 14.6. The number of benzene rings is 2. The average Bonchev–Trinajstić information content (AvgIpc) is 2.68. The second-order valence-corrected chi connectivity index (χ2v) is 7.76. The summed E-state index contributed by atoms with van der Waals surface area (Å²) in [6, 6.07) is 11.0. The van der Waals surface area contributed by atoms with Crippen molar-refractivity contribution in [1.82, 2.24) is 5.32 Å². The van der Waals surface area contributed by atoms with Crippen LogP contribution in [0.1, 0.15) is 53.7 Å². The average molecular weight is 419 g/mol. The Kier molecular flexibility index (Phi) is 8.35.